The molecule has 0 spiro atoms. The van der Waals surface area contributed by atoms with E-state index < -0.39 is 11.1 Å². The number of amides is 2. The van der Waals surface area contributed by atoms with Crippen LogP contribution in [0.1, 0.15) is 11.1 Å². The molecular formula is C19H13FN2O2S. The van der Waals surface area contributed by atoms with Gasteiger partial charge in [-0.1, -0.05) is 36.4 Å². The number of carbonyl (C=O) groups is 2. The van der Waals surface area contributed by atoms with Crippen LogP contribution in [-0.2, 0) is 11.2 Å². The summed E-state index contributed by atoms with van der Waals surface area (Å²) in [6, 6.07) is 14.1. The number of H-pyrrole nitrogens is 1. The zero-order valence-corrected chi connectivity index (χ0v) is 13.8. The number of allylic oxidation sites excluding steroid dienone is 1. The molecule has 0 aliphatic carbocycles. The first-order valence-corrected chi connectivity index (χ1v) is 8.51. The fourth-order valence-electron chi connectivity index (χ4n) is 2.96. The van der Waals surface area contributed by atoms with Gasteiger partial charge in [0.05, 0.1) is 4.91 Å². The zero-order chi connectivity index (χ0) is 17.4. The molecule has 1 fully saturated rings. The van der Waals surface area contributed by atoms with Crippen LogP contribution in [0.3, 0.4) is 0 Å². The van der Waals surface area contributed by atoms with Crippen LogP contribution < -0.4 is 5.32 Å². The monoisotopic (exact) mass is 352 g/mol. The third-order valence-corrected chi connectivity index (χ3v) is 5.05. The molecule has 2 N–H and O–H groups in total. The Hall–Kier alpha value is -2.86. The van der Waals surface area contributed by atoms with Crippen molar-refractivity contribution in [2.45, 2.75) is 6.42 Å². The largest absolute Gasteiger partial charge is 0.361 e. The van der Waals surface area contributed by atoms with Crippen LogP contribution in [0.5, 0.6) is 0 Å². The molecule has 6 heteroatoms. The molecule has 1 aliphatic heterocycles. The standard InChI is InChI=1S/C19H13FN2O2S/c20-15-7-3-1-5-11(15)9-13(17-18(23)22-19(24)25-17)14-10-21-16-8-4-2-6-12(14)16/h1-8,10,21H,9H2,(H,22,23,24). The van der Waals surface area contributed by atoms with Gasteiger partial charge in [0.2, 0.25) is 0 Å². The van der Waals surface area contributed by atoms with E-state index in [0.29, 0.717) is 16.0 Å². The van der Waals surface area contributed by atoms with E-state index in [0.717, 1.165) is 28.2 Å². The van der Waals surface area contributed by atoms with Crippen molar-refractivity contribution < 1.29 is 14.0 Å². The first-order valence-electron chi connectivity index (χ1n) is 7.69. The molecule has 4 nitrogen and oxygen atoms in total. The molecular weight excluding hydrogens is 339 g/mol. The Kier molecular flexibility index (Phi) is 3.89. The Bertz CT molecular complexity index is 1040. The molecule has 2 amide bonds. The molecule has 124 valence electrons. The normalized spacial score (nSPS) is 16.4. The Morgan fingerprint density at radius 2 is 1.80 bits per heavy atom. The Labute approximate surface area is 147 Å². The van der Waals surface area contributed by atoms with E-state index in [4.69, 9.17) is 0 Å². The number of aromatic nitrogens is 1. The summed E-state index contributed by atoms with van der Waals surface area (Å²) in [5, 5.41) is 2.79. The first kappa shape index (κ1) is 15.7. The molecule has 0 radical (unpaired) electrons. The topological polar surface area (TPSA) is 62.0 Å². The molecule has 1 saturated heterocycles. The SMILES string of the molecule is O=C1NC(=O)C(=C(Cc2ccccc2F)c2c[nH]c3ccccc23)S1. The lowest BCUT2D eigenvalue weighted by Crippen LogP contribution is -2.18. The quantitative estimate of drug-likeness (QED) is 0.693. The lowest BCUT2D eigenvalue weighted by atomic mass is 9.96. The van der Waals surface area contributed by atoms with E-state index in [2.05, 4.69) is 10.3 Å². The predicted molar refractivity (Wildman–Crippen MR) is 96.5 cm³/mol. The third kappa shape index (κ3) is 2.85. The minimum Gasteiger partial charge on any atom is -0.361 e. The van der Waals surface area contributed by atoms with Crippen molar-refractivity contribution in [2.75, 3.05) is 0 Å². The number of aromatic amines is 1. The highest BCUT2D eigenvalue weighted by Gasteiger charge is 2.30. The van der Waals surface area contributed by atoms with E-state index in [-0.39, 0.29) is 12.2 Å². The molecule has 0 bridgehead atoms. The van der Waals surface area contributed by atoms with Crippen molar-refractivity contribution in [2.24, 2.45) is 0 Å². The summed E-state index contributed by atoms with van der Waals surface area (Å²) in [5.74, 6) is -0.776. The van der Waals surface area contributed by atoms with Gasteiger partial charge in [0, 0.05) is 29.1 Å². The van der Waals surface area contributed by atoms with Gasteiger partial charge < -0.3 is 4.98 Å². The van der Waals surface area contributed by atoms with Crippen molar-refractivity contribution in [3.05, 3.63) is 76.6 Å². The van der Waals surface area contributed by atoms with Crippen molar-refractivity contribution in [1.82, 2.24) is 10.3 Å². The van der Waals surface area contributed by atoms with Crippen LogP contribution in [0.25, 0.3) is 16.5 Å². The predicted octanol–water partition coefficient (Wildman–Crippen LogP) is 4.24. The highest BCUT2D eigenvalue weighted by atomic mass is 32.2. The Balaban J connectivity index is 1.91. The zero-order valence-electron chi connectivity index (χ0n) is 13.0. The first-order chi connectivity index (χ1) is 12.1. The fraction of sp³-hybridized carbons (Fsp3) is 0.0526. The van der Waals surface area contributed by atoms with Gasteiger partial charge >= 0.3 is 0 Å². The van der Waals surface area contributed by atoms with Crippen LogP contribution >= 0.6 is 11.8 Å². The second-order valence-electron chi connectivity index (χ2n) is 5.67. The molecule has 0 unspecified atom stereocenters. The number of para-hydroxylation sites is 1. The number of thioether (sulfide) groups is 1. The van der Waals surface area contributed by atoms with Gasteiger partial charge in [-0.15, -0.1) is 0 Å². The van der Waals surface area contributed by atoms with E-state index in [9.17, 15) is 14.0 Å². The second-order valence-corrected chi connectivity index (χ2v) is 6.65. The molecule has 2 heterocycles. The lowest BCUT2D eigenvalue weighted by Gasteiger charge is -2.10. The van der Waals surface area contributed by atoms with Crippen molar-refractivity contribution in [1.29, 1.82) is 0 Å². The molecule has 3 aromatic rings. The van der Waals surface area contributed by atoms with Crippen LogP contribution in [0.4, 0.5) is 9.18 Å². The number of carbonyl (C=O) groups excluding carboxylic acids is 2. The number of hydrogen-bond acceptors (Lipinski definition) is 3. The van der Waals surface area contributed by atoms with E-state index in [1.165, 1.54) is 6.07 Å². The van der Waals surface area contributed by atoms with Crippen LogP contribution in [-0.4, -0.2) is 16.1 Å². The maximum atomic E-state index is 14.2. The number of hydrogen-bond donors (Lipinski definition) is 2. The summed E-state index contributed by atoms with van der Waals surface area (Å²) >= 11 is 0.857. The minimum absolute atomic E-state index is 0.220. The number of rotatable bonds is 3. The Morgan fingerprint density at radius 3 is 2.56 bits per heavy atom. The van der Waals surface area contributed by atoms with Crippen LogP contribution in [0.2, 0.25) is 0 Å². The summed E-state index contributed by atoms with van der Waals surface area (Å²) in [7, 11) is 0. The number of fused-ring (bicyclic) bond motifs is 1. The molecule has 0 atom stereocenters. The van der Waals surface area contributed by atoms with Crippen molar-refractivity contribution >= 4 is 39.4 Å². The molecule has 1 aromatic heterocycles. The van der Waals surface area contributed by atoms with Crippen LogP contribution in [0.15, 0.2) is 59.6 Å². The summed E-state index contributed by atoms with van der Waals surface area (Å²) in [6.45, 7) is 0. The summed E-state index contributed by atoms with van der Waals surface area (Å²) in [5.41, 5.74) is 2.82. The van der Waals surface area contributed by atoms with Crippen molar-refractivity contribution in [3.8, 4) is 0 Å². The molecule has 2 aromatic carbocycles. The Morgan fingerprint density at radius 1 is 1.04 bits per heavy atom. The van der Waals surface area contributed by atoms with Gasteiger partial charge in [-0.2, -0.15) is 0 Å². The van der Waals surface area contributed by atoms with Gasteiger partial charge in [0.25, 0.3) is 11.1 Å². The third-order valence-electron chi connectivity index (χ3n) is 4.13. The smallest absolute Gasteiger partial charge is 0.290 e. The number of halogens is 1. The van der Waals surface area contributed by atoms with E-state index in [1.54, 1.807) is 24.4 Å². The average Bonchev–Trinajstić information content (AvgIpc) is 3.17. The highest BCUT2D eigenvalue weighted by Crippen LogP contribution is 2.37. The average molecular weight is 352 g/mol. The van der Waals surface area contributed by atoms with Gasteiger partial charge in [0.15, 0.2) is 0 Å². The van der Waals surface area contributed by atoms with E-state index in [1.807, 2.05) is 24.3 Å². The van der Waals surface area contributed by atoms with Gasteiger partial charge in [-0.3, -0.25) is 14.9 Å². The van der Waals surface area contributed by atoms with Crippen LogP contribution in [0, 0.1) is 5.82 Å². The molecule has 0 saturated carbocycles. The molecule has 1 aliphatic rings. The van der Waals surface area contributed by atoms with Gasteiger partial charge in [-0.25, -0.2) is 4.39 Å². The maximum absolute atomic E-state index is 14.2. The molecule has 25 heavy (non-hydrogen) atoms. The van der Waals surface area contributed by atoms with Gasteiger partial charge in [0.1, 0.15) is 5.82 Å². The highest BCUT2D eigenvalue weighted by molar-refractivity contribution is 8.18. The number of nitrogens with one attached hydrogen (secondary N) is 2. The number of benzene rings is 2. The van der Waals surface area contributed by atoms with Crippen molar-refractivity contribution in [3.63, 3.8) is 0 Å². The number of imide groups is 1. The fourth-order valence-corrected chi connectivity index (χ4v) is 3.74. The second kappa shape index (κ2) is 6.22. The summed E-state index contributed by atoms with van der Waals surface area (Å²) < 4.78 is 14.2. The lowest BCUT2D eigenvalue weighted by molar-refractivity contribution is -0.115. The van der Waals surface area contributed by atoms with Gasteiger partial charge in [-0.05, 0) is 35.0 Å². The molecule has 4 rings (SSSR count). The summed E-state index contributed by atoms with van der Waals surface area (Å²) in [4.78, 5) is 27.3. The van der Waals surface area contributed by atoms with E-state index >= 15 is 0 Å². The summed E-state index contributed by atoms with van der Waals surface area (Å²) in [6.07, 6.45) is 2.02. The minimum atomic E-state index is -0.438. The maximum Gasteiger partial charge on any atom is 0.290 e.